The number of ether oxygens (including phenoxy) is 1. The van der Waals surface area contributed by atoms with Gasteiger partial charge in [0.1, 0.15) is 10.8 Å². The van der Waals surface area contributed by atoms with Crippen LogP contribution in [0, 0.1) is 5.82 Å². The van der Waals surface area contributed by atoms with Crippen LogP contribution in [0.5, 0.6) is 0 Å². The molecular formula is C14H17ClFN3OS. The van der Waals surface area contributed by atoms with Gasteiger partial charge in [0, 0.05) is 20.1 Å². The highest BCUT2D eigenvalue weighted by Crippen LogP contribution is 2.32. The topological polar surface area (TPSA) is 47.0 Å². The van der Waals surface area contributed by atoms with Crippen LogP contribution in [0.2, 0.25) is 5.02 Å². The average Bonchev–Trinajstić information content (AvgIpc) is 2.91. The van der Waals surface area contributed by atoms with E-state index in [1.807, 2.05) is 0 Å². The van der Waals surface area contributed by atoms with Crippen molar-refractivity contribution in [3.63, 3.8) is 0 Å². The molecule has 7 heteroatoms. The van der Waals surface area contributed by atoms with Crippen LogP contribution in [0.15, 0.2) is 18.2 Å². The van der Waals surface area contributed by atoms with Crippen molar-refractivity contribution in [2.24, 2.45) is 0 Å². The third-order valence-corrected chi connectivity index (χ3v) is 4.19. The second kappa shape index (κ2) is 8.38. The van der Waals surface area contributed by atoms with Crippen LogP contribution < -0.4 is 5.32 Å². The molecule has 2 aromatic rings. The number of hydrogen-bond acceptors (Lipinski definition) is 5. The number of nitrogens with zero attached hydrogens (tertiary/aromatic N) is 2. The molecule has 0 bridgehead atoms. The van der Waals surface area contributed by atoms with Crippen molar-refractivity contribution < 1.29 is 9.13 Å². The van der Waals surface area contributed by atoms with E-state index in [1.54, 1.807) is 19.2 Å². The number of rotatable bonds is 8. The highest BCUT2D eigenvalue weighted by Gasteiger charge is 2.14. The van der Waals surface area contributed by atoms with Gasteiger partial charge in [-0.1, -0.05) is 29.0 Å². The summed E-state index contributed by atoms with van der Waals surface area (Å²) >= 11 is 7.41. The molecule has 1 heterocycles. The molecule has 1 aromatic heterocycles. The summed E-state index contributed by atoms with van der Waals surface area (Å²) in [6, 6.07) is 4.61. The summed E-state index contributed by atoms with van der Waals surface area (Å²) in [6.07, 6.45) is 1.76. The van der Waals surface area contributed by atoms with Crippen molar-refractivity contribution in [2.75, 3.05) is 26.8 Å². The van der Waals surface area contributed by atoms with Gasteiger partial charge in [0.15, 0.2) is 5.01 Å². The zero-order chi connectivity index (χ0) is 15.1. The van der Waals surface area contributed by atoms with Crippen molar-refractivity contribution in [3.8, 4) is 10.6 Å². The van der Waals surface area contributed by atoms with E-state index >= 15 is 0 Å². The van der Waals surface area contributed by atoms with Gasteiger partial charge in [0.2, 0.25) is 0 Å². The van der Waals surface area contributed by atoms with Gasteiger partial charge in [-0.15, -0.1) is 10.2 Å². The Bertz CT molecular complexity index is 559. The Balaban J connectivity index is 1.90. The van der Waals surface area contributed by atoms with Crippen molar-refractivity contribution in [1.29, 1.82) is 0 Å². The van der Waals surface area contributed by atoms with Crippen molar-refractivity contribution >= 4 is 22.9 Å². The Morgan fingerprint density at radius 3 is 2.95 bits per heavy atom. The van der Waals surface area contributed by atoms with E-state index in [4.69, 9.17) is 16.3 Å². The Hall–Kier alpha value is -1.08. The number of aryl methyl sites for hydroxylation is 1. The first-order valence-corrected chi connectivity index (χ1v) is 7.88. The lowest BCUT2D eigenvalue weighted by Crippen LogP contribution is -2.20. The monoisotopic (exact) mass is 329 g/mol. The molecule has 0 aliphatic carbocycles. The fourth-order valence-corrected chi connectivity index (χ4v) is 3.07. The Kier molecular flexibility index (Phi) is 6.50. The van der Waals surface area contributed by atoms with Crippen molar-refractivity contribution in [1.82, 2.24) is 15.5 Å². The maximum Gasteiger partial charge on any atom is 0.152 e. The normalized spacial score (nSPS) is 11.0. The summed E-state index contributed by atoms with van der Waals surface area (Å²) in [4.78, 5) is 0. The molecule has 0 spiro atoms. The molecule has 1 aromatic carbocycles. The molecule has 0 radical (unpaired) electrons. The first-order valence-electron chi connectivity index (χ1n) is 6.69. The molecule has 21 heavy (non-hydrogen) atoms. The molecule has 0 aliphatic rings. The Morgan fingerprint density at radius 2 is 2.19 bits per heavy atom. The molecule has 114 valence electrons. The minimum Gasteiger partial charge on any atom is -0.383 e. The second-order valence-corrected chi connectivity index (χ2v) is 5.91. The van der Waals surface area contributed by atoms with E-state index in [0.29, 0.717) is 22.2 Å². The second-order valence-electron chi connectivity index (χ2n) is 4.44. The van der Waals surface area contributed by atoms with Crippen LogP contribution in [0.3, 0.4) is 0 Å². The SMILES string of the molecule is COCCNCCCc1nnc(-c2c(F)cccc2Cl)s1. The molecular weight excluding hydrogens is 313 g/mol. The van der Waals surface area contributed by atoms with Crippen LogP contribution >= 0.6 is 22.9 Å². The van der Waals surface area contributed by atoms with Crippen LogP contribution in [-0.2, 0) is 11.2 Å². The molecule has 0 amide bonds. The summed E-state index contributed by atoms with van der Waals surface area (Å²) in [5.41, 5.74) is 0.334. The van der Waals surface area contributed by atoms with Gasteiger partial charge in [-0.3, -0.25) is 0 Å². The summed E-state index contributed by atoms with van der Waals surface area (Å²) < 4.78 is 18.8. The number of benzene rings is 1. The summed E-state index contributed by atoms with van der Waals surface area (Å²) in [7, 11) is 1.68. The van der Waals surface area contributed by atoms with Crippen LogP contribution in [0.1, 0.15) is 11.4 Å². The lowest BCUT2D eigenvalue weighted by molar-refractivity contribution is 0.199. The van der Waals surface area contributed by atoms with E-state index in [1.165, 1.54) is 17.4 Å². The highest BCUT2D eigenvalue weighted by atomic mass is 35.5. The molecule has 0 saturated carbocycles. The first-order chi connectivity index (χ1) is 10.2. The number of aromatic nitrogens is 2. The fourth-order valence-electron chi connectivity index (χ4n) is 1.82. The van der Waals surface area contributed by atoms with E-state index in [0.717, 1.165) is 30.9 Å². The maximum absolute atomic E-state index is 13.8. The van der Waals surface area contributed by atoms with Crippen molar-refractivity contribution in [3.05, 3.63) is 34.0 Å². The van der Waals surface area contributed by atoms with E-state index in [-0.39, 0.29) is 5.82 Å². The summed E-state index contributed by atoms with van der Waals surface area (Å²) in [6.45, 7) is 2.43. The first kappa shape index (κ1) is 16.3. The summed E-state index contributed by atoms with van der Waals surface area (Å²) in [5, 5.41) is 13.2. The highest BCUT2D eigenvalue weighted by molar-refractivity contribution is 7.14. The van der Waals surface area contributed by atoms with Gasteiger partial charge in [-0.2, -0.15) is 0 Å². The minimum atomic E-state index is -0.369. The van der Waals surface area contributed by atoms with Gasteiger partial charge in [-0.05, 0) is 25.1 Å². The molecule has 4 nitrogen and oxygen atoms in total. The molecule has 0 atom stereocenters. The largest absolute Gasteiger partial charge is 0.383 e. The third kappa shape index (κ3) is 4.71. The van der Waals surface area contributed by atoms with Gasteiger partial charge >= 0.3 is 0 Å². The van der Waals surface area contributed by atoms with Gasteiger partial charge in [0.25, 0.3) is 0 Å². The molecule has 2 rings (SSSR count). The van der Waals surface area contributed by atoms with Gasteiger partial charge in [0.05, 0.1) is 17.2 Å². The van der Waals surface area contributed by atoms with Crippen molar-refractivity contribution in [2.45, 2.75) is 12.8 Å². The molecule has 1 N–H and O–H groups in total. The minimum absolute atomic E-state index is 0.334. The lowest BCUT2D eigenvalue weighted by Gasteiger charge is -2.02. The van der Waals surface area contributed by atoms with Crippen LogP contribution in [0.4, 0.5) is 4.39 Å². The fraction of sp³-hybridized carbons (Fsp3) is 0.429. The quantitative estimate of drug-likeness (QED) is 0.756. The zero-order valence-electron chi connectivity index (χ0n) is 11.7. The number of nitrogens with one attached hydrogen (secondary N) is 1. The van der Waals surface area contributed by atoms with Crippen LogP contribution in [-0.4, -0.2) is 37.0 Å². The smallest absolute Gasteiger partial charge is 0.152 e. The summed E-state index contributed by atoms with van der Waals surface area (Å²) in [5.74, 6) is -0.369. The predicted octanol–water partition coefficient (Wildman–Crippen LogP) is 3.17. The van der Waals surface area contributed by atoms with E-state index in [2.05, 4.69) is 15.5 Å². The molecule has 0 unspecified atom stereocenters. The van der Waals surface area contributed by atoms with Gasteiger partial charge < -0.3 is 10.1 Å². The average molecular weight is 330 g/mol. The van der Waals surface area contributed by atoms with Gasteiger partial charge in [-0.25, -0.2) is 4.39 Å². The Morgan fingerprint density at radius 1 is 1.33 bits per heavy atom. The lowest BCUT2D eigenvalue weighted by atomic mass is 10.2. The zero-order valence-corrected chi connectivity index (χ0v) is 13.3. The predicted molar refractivity (Wildman–Crippen MR) is 83.4 cm³/mol. The third-order valence-electron chi connectivity index (χ3n) is 2.87. The number of halogens is 2. The number of methoxy groups -OCH3 is 1. The standard InChI is InChI=1S/C14H17ClFN3OS/c1-20-9-8-17-7-3-6-12-18-19-14(21-12)13-10(15)4-2-5-11(13)16/h2,4-5,17H,3,6-9H2,1H3. The molecule has 0 aliphatic heterocycles. The Labute approximate surface area is 132 Å². The van der Waals surface area contributed by atoms with Crippen LogP contribution in [0.25, 0.3) is 10.6 Å². The maximum atomic E-state index is 13.8. The molecule has 0 saturated heterocycles. The number of hydrogen-bond donors (Lipinski definition) is 1. The van der Waals surface area contributed by atoms with E-state index < -0.39 is 0 Å². The van der Waals surface area contributed by atoms with E-state index in [9.17, 15) is 4.39 Å². The molecule has 0 fully saturated rings.